The Hall–Kier alpha value is -1.81. The Balaban J connectivity index is 1.82. The Bertz CT molecular complexity index is 721. The minimum absolute atomic E-state index is 0.259. The zero-order valence-corrected chi connectivity index (χ0v) is 11.7. The Kier molecular flexibility index (Phi) is 3.25. The topological polar surface area (TPSA) is 27.8 Å². The van der Waals surface area contributed by atoms with Gasteiger partial charge in [0.25, 0.3) is 0 Å². The maximum absolute atomic E-state index is 13.4. The van der Waals surface area contributed by atoms with Crippen LogP contribution in [0.25, 0.3) is 10.9 Å². The zero-order valence-electron chi connectivity index (χ0n) is 10.1. The standard InChI is InChI=1S/C15H12BrFN2/c16-13-5-4-11(8-14(13)17)19-9-10-2-1-3-15-12(10)6-7-18-15/h1-8,18-19H,9H2. The van der Waals surface area contributed by atoms with E-state index in [1.54, 1.807) is 6.07 Å². The van der Waals surface area contributed by atoms with Crippen LogP contribution >= 0.6 is 15.9 Å². The number of halogens is 2. The molecule has 0 amide bonds. The van der Waals surface area contributed by atoms with Gasteiger partial charge in [-0.3, -0.25) is 0 Å². The molecule has 4 heteroatoms. The van der Waals surface area contributed by atoms with Gasteiger partial charge >= 0.3 is 0 Å². The van der Waals surface area contributed by atoms with Gasteiger partial charge in [-0.05, 0) is 51.8 Å². The maximum Gasteiger partial charge on any atom is 0.139 e. The second kappa shape index (κ2) is 5.05. The molecule has 2 nitrogen and oxygen atoms in total. The lowest BCUT2D eigenvalue weighted by atomic mass is 10.1. The average molecular weight is 319 g/mol. The van der Waals surface area contributed by atoms with Crippen molar-refractivity contribution in [3.05, 3.63) is 64.5 Å². The van der Waals surface area contributed by atoms with Gasteiger partial charge in [0.15, 0.2) is 0 Å². The molecule has 0 bridgehead atoms. The predicted octanol–water partition coefficient (Wildman–Crippen LogP) is 4.68. The third kappa shape index (κ3) is 2.49. The molecule has 3 aromatic rings. The Morgan fingerprint density at radius 1 is 1.16 bits per heavy atom. The van der Waals surface area contributed by atoms with E-state index < -0.39 is 0 Å². The van der Waals surface area contributed by atoms with Gasteiger partial charge in [-0.2, -0.15) is 0 Å². The van der Waals surface area contributed by atoms with Crippen LogP contribution in [0.4, 0.5) is 10.1 Å². The van der Waals surface area contributed by atoms with Crippen LogP contribution in [0.15, 0.2) is 53.1 Å². The third-order valence-electron chi connectivity index (χ3n) is 3.09. The number of aromatic amines is 1. The van der Waals surface area contributed by atoms with E-state index in [1.165, 1.54) is 17.0 Å². The summed E-state index contributed by atoms with van der Waals surface area (Å²) in [4.78, 5) is 3.18. The lowest BCUT2D eigenvalue weighted by molar-refractivity contribution is 0.621. The first kappa shape index (κ1) is 12.2. The first-order valence-electron chi connectivity index (χ1n) is 5.98. The van der Waals surface area contributed by atoms with Crippen molar-refractivity contribution < 1.29 is 4.39 Å². The van der Waals surface area contributed by atoms with Crippen LogP contribution in [0.3, 0.4) is 0 Å². The molecule has 0 unspecified atom stereocenters. The molecule has 2 aromatic carbocycles. The van der Waals surface area contributed by atoms with E-state index >= 15 is 0 Å². The summed E-state index contributed by atoms with van der Waals surface area (Å²) in [5.74, 6) is -0.259. The van der Waals surface area contributed by atoms with Crippen LogP contribution in [0, 0.1) is 5.82 Å². The normalized spacial score (nSPS) is 10.8. The van der Waals surface area contributed by atoms with Crippen LogP contribution in [0.1, 0.15) is 5.56 Å². The number of fused-ring (bicyclic) bond motifs is 1. The molecule has 0 aliphatic carbocycles. The minimum Gasteiger partial charge on any atom is -0.381 e. The van der Waals surface area contributed by atoms with Crippen molar-refractivity contribution in [2.75, 3.05) is 5.32 Å². The van der Waals surface area contributed by atoms with Gasteiger partial charge in [0.2, 0.25) is 0 Å². The van der Waals surface area contributed by atoms with Gasteiger partial charge in [0, 0.05) is 29.3 Å². The van der Waals surface area contributed by atoms with Gasteiger partial charge in [-0.15, -0.1) is 0 Å². The van der Waals surface area contributed by atoms with Crippen molar-refractivity contribution in [3.8, 4) is 0 Å². The molecule has 0 saturated heterocycles. The molecule has 1 aromatic heterocycles. The summed E-state index contributed by atoms with van der Waals surface area (Å²) in [5.41, 5.74) is 3.07. The first-order valence-corrected chi connectivity index (χ1v) is 6.77. The predicted molar refractivity (Wildman–Crippen MR) is 79.7 cm³/mol. The molecule has 96 valence electrons. The van der Waals surface area contributed by atoms with Crippen molar-refractivity contribution in [1.82, 2.24) is 4.98 Å². The number of H-pyrrole nitrogens is 1. The molecule has 0 spiro atoms. The molecule has 0 fully saturated rings. The molecular weight excluding hydrogens is 307 g/mol. The van der Waals surface area contributed by atoms with Gasteiger partial charge < -0.3 is 10.3 Å². The smallest absolute Gasteiger partial charge is 0.139 e. The van der Waals surface area contributed by atoms with E-state index in [2.05, 4.69) is 38.4 Å². The van der Waals surface area contributed by atoms with Crippen molar-refractivity contribution >= 4 is 32.5 Å². The Morgan fingerprint density at radius 3 is 2.89 bits per heavy atom. The molecule has 0 aliphatic heterocycles. The molecule has 0 aliphatic rings. The number of nitrogens with one attached hydrogen (secondary N) is 2. The number of benzene rings is 2. The van der Waals surface area contributed by atoms with Gasteiger partial charge in [0.05, 0.1) is 4.47 Å². The van der Waals surface area contributed by atoms with Crippen LogP contribution < -0.4 is 5.32 Å². The quantitative estimate of drug-likeness (QED) is 0.721. The molecule has 0 atom stereocenters. The summed E-state index contributed by atoms with van der Waals surface area (Å²) in [6.07, 6.45) is 1.92. The summed E-state index contributed by atoms with van der Waals surface area (Å²) in [7, 11) is 0. The zero-order chi connectivity index (χ0) is 13.2. The molecule has 0 radical (unpaired) electrons. The fourth-order valence-corrected chi connectivity index (χ4v) is 2.35. The van der Waals surface area contributed by atoms with Gasteiger partial charge in [-0.1, -0.05) is 12.1 Å². The summed E-state index contributed by atoms with van der Waals surface area (Å²) < 4.78 is 13.9. The van der Waals surface area contributed by atoms with Crippen LogP contribution in [0.2, 0.25) is 0 Å². The van der Waals surface area contributed by atoms with E-state index in [0.717, 1.165) is 11.2 Å². The number of rotatable bonds is 3. The van der Waals surface area contributed by atoms with Crippen LogP contribution in [-0.2, 0) is 6.54 Å². The highest BCUT2D eigenvalue weighted by Gasteiger charge is 2.03. The fraction of sp³-hybridized carbons (Fsp3) is 0.0667. The number of hydrogen-bond donors (Lipinski definition) is 2. The fourth-order valence-electron chi connectivity index (χ4n) is 2.11. The maximum atomic E-state index is 13.4. The monoisotopic (exact) mass is 318 g/mol. The third-order valence-corrected chi connectivity index (χ3v) is 3.73. The highest BCUT2D eigenvalue weighted by molar-refractivity contribution is 9.10. The lowest BCUT2D eigenvalue weighted by Gasteiger charge is -2.08. The van der Waals surface area contributed by atoms with Gasteiger partial charge in [-0.25, -0.2) is 4.39 Å². The highest BCUT2D eigenvalue weighted by Crippen LogP contribution is 2.21. The van der Waals surface area contributed by atoms with E-state index in [9.17, 15) is 4.39 Å². The van der Waals surface area contributed by atoms with Crippen molar-refractivity contribution in [2.24, 2.45) is 0 Å². The Labute approximate surface area is 118 Å². The van der Waals surface area contributed by atoms with Crippen molar-refractivity contribution in [1.29, 1.82) is 0 Å². The molecule has 1 heterocycles. The number of anilines is 1. The summed E-state index contributed by atoms with van der Waals surface area (Å²) in [6.45, 7) is 0.663. The van der Waals surface area contributed by atoms with E-state index in [4.69, 9.17) is 0 Å². The molecule has 19 heavy (non-hydrogen) atoms. The van der Waals surface area contributed by atoms with E-state index in [-0.39, 0.29) is 5.82 Å². The van der Waals surface area contributed by atoms with Crippen molar-refractivity contribution in [2.45, 2.75) is 6.54 Å². The van der Waals surface area contributed by atoms with Crippen molar-refractivity contribution in [3.63, 3.8) is 0 Å². The average Bonchev–Trinajstić information content (AvgIpc) is 2.89. The van der Waals surface area contributed by atoms with Crippen LogP contribution in [-0.4, -0.2) is 4.98 Å². The summed E-state index contributed by atoms with van der Waals surface area (Å²) in [5, 5.41) is 4.42. The summed E-state index contributed by atoms with van der Waals surface area (Å²) in [6, 6.07) is 13.2. The molecular formula is C15H12BrFN2. The lowest BCUT2D eigenvalue weighted by Crippen LogP contribution is -2.00. The Morgan fingerprint density at radius 2 is 2.05 bits per heavy atom. The number of aromatic nitrogens is 1. The highest BCUT2D eigenvalue weighted by atomic mass is 79.9. The first-order chi connectivity index (χ1) is 9.24. The second-order valence-corrected chi connectivity index (χ2v) is 5.19. The molecule has 0 saturated carbocycles. The van der Waals surface area contributed by atoms with E-state index in [1.807, 2.05) is 24.4 Å². The SMILES string of the molecule is Fc1cc(NCc2cccc3[nH]ccc23)ccc1Br. The second-order valence-electron chi connectivity index (χ2n) is 4.34. The largest absolute Gasteiger partial charge is 0.381 e. The molecule has 2 N–H and O–H groups in total. The van der Waals surface area contributed by atoms with E-state index in [0.29, 0.717) is 11.0 Å². The van der Waals surface area contributed by atoms with Crippen LogP contribution in [0.5, 0.6) is 0 Å². The molecule has 3 rings (SSSR count). The van der Waals surface area contributed by atoms with Gasteiger partial charge in [0.1, 0.15) is 5.82 Å². The minimum atomic E-state index is -0.259. The summed E-state index contributed by atoms with van der Waals surface area (Å²) >= 11 is 3.15. The number of hydrogen-bond acceptors (Lipinski definition) is 1.